The first kappa shape index (κ1) is 47.4. The maximum absolute atomic E-state index is 14.7. The number of alkyl carbamates (subject to hydrolysis) is 1. The molecular weight excluding hydrogens is 1160 g/mol. The number of aliphatic hydroxyl groups is 5. The molecule has 1 unspecified atom stereocenters. The Morgan fingerprint density at radius 3 is 2.20 bits per heavy atom. The molecule has 1 aliphatic heterocycles. The van der Waals surface area contributed by atoms with E-state index < -0.39 is 106 Å². The molecule has 11 atom stereocenters. The van der Waals surface area contributed by atoms with Crippen LogP contribution in [0.5, 0.6) is 0 Å². The number of carbonyl (C=O) groups is 4. The van der Waals surface area contributed by atoms with Crippen LogP contribution in [0.15, 0.2) is 64.5 Å². The van der Waals surface area contributed by atoms with Gasteiger partial charge in [0.05, 0.1) is 48.4 Å². The number of Topliss-reactive ketones (excluding diaryl/α,β-unsaturated/α-hetero) is 1. The summed E-state index contributed by atoms with van der Waals surface area (Å²) in [5.74, 6) is -4.61. The molecule has 4 aliphatic rings. The minimum absolute atomic E-state index is 0. The second-order valence-electron chi connectivity index (χ2n) is 16.7. The van der Waals surface area contributed by atoms with E-state index in [1.54, 1.807) is 52.8 Å². The third kappa shape index (κ3) is 8.02. The molecule has 2 heterocycles. The average molecular weight is 1210 g/mol. The normalized spacial score (nSPS) is 34.2. The quantitative estimate of drug-likeness (QED) is 0.133. The van der Waals surface area contributed by atoms with E-state index in [-0.39, 0.29) is 123 Å². The number of nitrogens with one attached hydrogen (secondary N) is 1. The predicted molar refractivity (Wildman–Crippen MR) is 186 cm³/mol. The van der Waals surface area contributed by atoms with E-state index in [2.05, 4.69) is 5.32 Å². The topological polar surface area (TPSA) is 232 Å². The predicted octanol–water partition coefficient (Wildman–Crippen LogP) is 2.28. The maximum Gasteiger partial charge on any atom is 0.408 e. The molecule has 1 aromatic heterocycles. The van der Waals surface area contributed by atoms with Gasteiger partial charge in [-0.05, 0) is 64.0 Å². The molecule has 300 valence electrons. The summed E-state index contributed by atoms with van der Waals surface area (Å²) in [5, 5.41) is 62.9. The Morgan fingerprint density at radius 2 is 1.64 bits per heavy atom. The number of furan rings is 1. The Morgan fingerprint density at radius 1 is 1.00 bits per heavy atom. The third-order valence-corrected chi connectivity index (χ3v) is 12.0. The van der Waals surface area contributed by atoms with Crippen molar-refractivity contribution in [2.45, 2.75) is 121 Å². The number of esters is 2. The minimum atomic E-state index is -2.32. The van der Waals surface area contributed by atoms with Crippen LogP contribution in [0.2, 0.25) is 0 Å². The molecular formula is C39H49Ac2NO14. The van der Waals surface area contributed by atoms with Gasteiger partial charge in [-0.2, -0.15) is 0 Å². The van der Waals surface area contributed by atoms with Gasteiger partial charge in [0.15, 0.2) is 11.9 Å². The number of ether oxygens (including phenoxy) is 4. The molecule has 17 heteroatoms. The smallest absolute Gasteiger partial charge is 0.408 e. The van der Waals surface area contributed by atoms with Crippen molar-refractivity contribution in [2.24, 2.45) is 16.7 Å². The number of rotatable bonds is 7. The van der Waals surface area contributed by atoms with Gasteiger partial charge in [-0.1, -0.05) is 32.0 Å². The standard InChI is InChI=1S/C39H49NO14.2Ac/c1-19-22(52-33(46)28(43)26(21-13-14-50-17-21)40-34(47)54-35(2,3)4)16-39(49)31(53-32(45)20-11-9-8-10-12-20)29-37(7,23(41)15-24-38(29,48)18-51-24)30(44)27(42)25(19)36(39,5)6;;/h8-14,17,22-24,26-29,31,41-43,48-49H,15-16,18H2,1-7H3,(H,40,47);;/t22?,23-,24+,26-,27+,28+,29-,31-,37+,38-,39+;;/m0../s1. The Kier molecular flexibility index (Phi) is 14.4. The minimum Gasteiger partial charge on any atom is -0.472 e. The van der Waals surface area contributed by atoms with Crippen LogP contribution in [-0.2, 0) is 28.5 Å². The number of aliphatic hydroxyl groups excluding tert-OH is 3. The number of benzene rings is 1. The van der Waals surface area contributed by atoms with E-state index in [0.717, 1.165) is 0 Å². The van der Waals surface area contributed by atoms with Gasteiger partial charge in [0.1, 0.15) is 35.1 Å². The van der Waals surface area contributed by atoms with Gasteiger partial charge in [-0.3, -0.25) is 4.79 Å². The summed E-state index contributed by atoms with van der Waals surface area (Å²) in [7, 11) is 0. The molecule has 56 heavy (non-hydrogen) atoms. The maximum atomic E-state index is 14.7. The number of hydrogen-bond donors (Lipinski definition) is 6. The summed E-state index contributed by atoms with van der Waals surface area (Å²) in [6, 6.07) is 7.85. The fourth-order valence-corrected chi connectivity index (χ4v) is 8.95. The van der Waals surface area contributed by atoms with Gasteiger partial charge in [-0.25, -0.2) is 14.4 Å². The number of fused-ring (bicyclic) bond motifs is 5. The first-order valence-corrected chi connectivity index (χ1v) is 17.9. The van der Waals surface area contributed by atoms with Crippen molar-refractivity contribution in [1.29, 1.82) is 0 Å². The van der Waals surface area contributed by atoms with Crippen LogP contribution in [0.3, 0.4) is 0 Å². The van der Waals surface area contributed by atoms with Crippen LogP contribution in [0.1, 0.15) is 83.3 Å². The van der Waals surface area contributed by atoms with E-state index in [9.17, 15) is 44.7 Å². The van der Waals surface area contributed by atoms with Gasteiger partial charge in [0, 0.05) is 118 Å². The molecule has 2 bridgehead atoms. The van der Waals surface area contributed by atoms with Crippen LogP contribution in [0.25, 0.3) is 0 Å². The summed E-state index contributed by atoms with van der Waals surface area (Å²) in [4.78, 5) is 55.2. The monoisotopic (exact) mass is 1210 g/mol. The van der Waals surface area contributed by atoms with Gasteiger partial charge in [0.2, 0.25) is 0 Å². The molecule has 3 aliphatic carbocycles. The summed E-state index contributed by atoms with van der Waals surface area (Å²) in [5.41, 5.74) is -8.32. The zero-order chi connectivity index (χ0) is 39.8. The zero-order valence-electron chi connectivity index (χ0n) is 32.4. The van der Waals surface area contributed by atoms with Gasteiger partial charge >= 0.3 is 18.0 Å². The molecule has 2 aromatic rings. The zero-order valence-corrected chi connectivity index (χ0v) is 41.9. The average Bonchev–Trinajstić information content (AvgIpc) is 3.63. The molecule has 15 nitrogen and oxygen atoms in total. The van der Waals surface area contributed by atoms with Crippen molar-refractivity contribution in [2.75, 3.05) is 6.61 Å². The number of carbonyl (C=O) groups excluding carboxylic acids is 4. The Bertz CT molecular complexity index is 1830. The van der Waals surface area contributed by atoms with E-state index in [0.29, 0.717) is 0 Å². The fraction of sp³-hybridized carbons (Fsp3) is 0.590. The van der Waals surface area contributed by atoms with Gasteiger partial charge in [0.25, 0.3) is 0 Å². The molecule has 1 amide bonds. The molecule has 0 spiro atoms. The van der Waals surface area contributed by atoms with E-state index in [1.807, 2.05) is 0 Å². The molecule has 6 N–H and O–H groups in total. The largest absolute Gasteiger partial charge is 0.472 e. The van der Waals surface area contributed by atoms with Crippen molar-refractivity contribution in [3.05, 3.63) is 71.2 Å². The van der Waals surface area contributed by atoms with Gasteiger partial charge in [-0.15, -0.1) is 0 Å². The Labute approximate surface area is 396 Å². The summed E-state index contributed by atoms with van der Waals surface area (Å²) < 4.78 is 28.2. The molecule has 1 aromatic carbocycles. The van der Waals surface area contributed by atoms with Gasteiger partial charge < -0.3 is 54.2 Å². The molecule has 3 fully saturated rings. The van der Waals surface area contributed by atoms with Crippen molar-refractivity contribution < 1.29 is 156 Å². The number of amides is 1. The first-order valence-electron chi connectivity index (χ1n) is 17.9. The van der Waals surface area contributed by atoms with Crippen molar-refractivity contribution in [3.63, 3.8) is 0 Å². The number of ketones is 1. The molecule has 1 saturated heterocycles. The second kappa shape index (κ2) is 17.0. The SMILES string of the molecule is CC1=C2[C@@H](O)C(=O)[C@@]3(C)[C@H]([C@H](OC(=O)c4ccccc4)[C@](O)(CC1OC(=O)[C@H](O)[C@@H](NC(=O)OC(C)(C)C)c1ccoc1)C2(C)C)[C@]1(O)CO[C@@H]1C[C@@H]3O.[Ac].[Ac]. The van der Waals surface area contributed by atoms with Crippen LogP contribution >= 0.6 is 0 Å². The first-order chi connectivity index (χ1) is 25.1. The molecule has 6 rings (SSSR count). The van der Waals surface area contributed by atoms with E-state index in [4.69, 9.17) is 23.4 Å². The molecule has 2 saturated carbocycles. The summed E-state index contributed by atoms with van der Waals surface area (Å²) in [6.45, 7) is 10.5. The van der Waals surface area contributed by atoms with E-state index >= 15 is 0 Å². The molecule has 2 radical (unpaired) electrons. The third-order valence-electron chi connectivity index (χ3n) is 12.0. The van der Waals surface area contributed by atoms with E-state index in [1.165, 1.54) is 44.6 Å². The van der Waals surface area contributed by atoms with Crippen LogP contribution in [0, 0.1) is 105 Å². The Balaban J connectivity index is 0.00000348. The summed E-state index contributed by atoms with van der Waals surface area (Å²) >= 11 is 0. The van der Waals surface area contributed by atoms with Crippen LogP contribution < -0.4 is 5.32 Å². The van der Waals surface area contributed by atoms with Crippen molar-refractivity contribution in [3.8, 4) is 0 Å². The Hall–Kier alpha value is -1.24. The fourth-order valence-electron chi connectivity index (χ4n) is 8.95. The van der Waals surface area contributed by atoms with Crippen molar-refractivity contribution in [1.82, 2.24) is 5.32 Å². The van der Waals surface area contributed by atoms with Crippen molar-refractivity contribution >= 4 is 23.8 Å². The van der Waals surface area contributed by atoms with Crippen LogP contribution in [-0.4, -0.2) is 109 Å². The number of hydrogen-bond acceptors (Lipinski definition) is 14. The summed E-state index contributed by atoms with van der Waals surface area (Å²) in [6.07, 6.45) is -8.92. The second-order valence-corrected chi connectivity index (χ2v) is 16.7. The van der Waals surface area contributed by atoms with Crippen LogP contribution in [0.4, 0.5) is 4.79 Å².